The van der Waals surface area contributed by atoms with E-state index in [1.54, 1.807) is 0 Å². The molecule has 0 saturated heterocycles. The van der Waals surface area contributed by atoms with Crippen molar-refractivity contribution in [1.29, 1.82) is 0 Å². The molecule has 0 atom stereocenters. The van der Waals surface area contributed by atoms with Crippen molar-refractivity contribution in [3.05, 3.63) is 29.1 Å². The summed E-state index contributed by atoms with van der Waals surface area (Å²) in [7, 11) is 0. The molecule has 0 aliphatic heterocycles. The highest BCUT2D eigenvalue weighted by Crippen LogP contribution is 2.29. The average molecular weight is 939 g/mol. The molecular weight excluding hydrogens is 867 g/mol. The molecule has 1 aromatic rings. The Morgan fingerprint density at radius 3 is 0.906 bits per heavy atom. The van der Waals surface area contributed by atoms with E-state index in [1.807, 2.05) is 0 Å². The monoisotopic (exact) mass is 938 g/mol. The maximum Gasteiger partial charge on any atom is 0.313 e. The smallest absolute Gasteiger partial charge is 0.313 e. The summed E-state index contributed by atoms with van der Waals surface area (Å²) in [5, 5.41) is 0. The van der Waals surface area contributed by atoms with Gasteiger partial charge in [0.15, 0.2) is 0 Å². The number of hydrogen-bond acceptors (Lipinski definition) is 16. The normalized spacial score (nSPS) is 11.5. The Hall–Kier alpha value is -2.67. The van der Waals surface area contributed by atoms with Crippen molar-refractivity contribution in [2.45, 2.75) is 64.7 Å². The van der Waals surface area contributed by atoms with Crippen LogP contribution in [0.2, 0.25) is 0 Å². The third-order valence-electron chi connectivity index (χ3n) is 8.40. The summed E-state index contributed by atoms with van der Waals surface area (Å²) in [6.45, 7) is 11.1. The third-order valence-corrected chi connectivity index (χ3v) is 8.40. The van der Waals surface area contributed by atoms with Gasteiger partial charge >= 0.3 is 11.9 Å². The van der Waals surface area contributed by atoms with Gasteiger partial charge in [0.2, 0.25) is 34.8 Å². The zero-order valence-electron chi connectivity index (χ0n) is 37.5. The number of carbonyl (C=O) groups is 2. The average Bonchev–Trinajstić information content (AvgIpc) is 3.29. The van der Waals surface area contributed by atoms with E-state index in [9.17, 15) is 31.5 Å². The van der Waals surface area contributed by atoms with Gasteiger partial charge in [-0.05, 0) is 6.42 Å². The van der Waals surface area contributed by atoms with E-state index in [0.29, 0.717) is 139 Å². The SMILES string of the molecule is CCCCCCCCCC(=O)OCCOCCOCCOCCOCCOCCOCCOCCOCCOCCOCCOCCOCCC(=O)Oc1c(F)c(F)c(F)c(F)c1F. The third kappa shape index (κ3) is 34.6. The number of benzene rings is 1. The van der Waals surface area contributed by atoms with Crippen LogP contribution in [0.1, 0.15) is 64.7 Å². The fraction of sp³-hybridized carbons (Fsp3) is 0.814. The van der Waals surface area contributed by atoms with Gasteiger partial charge in [-0.2, -0.15) is 8.78 Å². The first-order chi connectivity index (χ1) is 31.3. The van der Waals surface area contributed by atoms with Crippen LogP contribution in [0.15, 0.2) is 0 Å². The van der Waals surface area contributed by atoms with E-state index in [1.165, 1.54) is 32.1 Å². The lowest BCUT2D eigenvalue weighted by Gasteiger charge is -2.09. The van der Waals surface area contributed by atoms with Crippen molar-refractivity contribution in [1.82, 2.24) is 0 Å². The van der Waals surface area contributed by atoms with Crippen LogP contribution in [0.25, 0.3) is 0 Å². The Morgan fingerprint density at radius 1 is 0.312 bits per heavy atom. The van der Waals surface area contributed by atoms with Gasteiger partial charge in [-0.15, -0.1) is 0 Å². The van der Waals surface area contributed by atoms with Gasteiger partial charge in [-0.1, -0.05) is 45.4 Å². The van der Waals surface area contributed by atoms with Crippen LogP contribution in [0.3, 0.4) is 0 Å². The molecule has 0 amide bonds. The Bertz CT molecular complexity index is 1240. The molecule has 0 N–H and O–H groups in total. The standard InChI is InChI=1S/C43H71F5O16/c1-2-3-4-5-6-7-8-9-36(49)63-35-34-62-33-32-61-31-30-60-29-28-59-27-26-58-25-24-57-23-22-56-21-20-55-19-18-54-17-16-53-15-14-52-13-12-51-11-10-37(50)64-43-41(47)39(45)38(44)40(46)42(43)48/h2-35H2,1H3. The molecule has 0 aliphatic rings. The van der Waals surface area contributed by atoms with Gasteiger partial charge in [0.05, 0.1) is 165 Å². The largest absolute Gasteiger partial charge is 0.463 e. The second kappa shape index (κ2) is 44.2. The summed E-state index contributed by atoms with van der Waals surface area (Å²) >= 11 is 0. The second-order valence-corrected chi connectivity index (χ2v) is 13.6. The molecule has 21 heteroatoms. The van der Waals surface area contributed by atoms with Crippen LogP contribution < -0.4 is 4.74 Å². The molecule has 0 spiro atoms. The Kier molecular flexibility index (Phi) is 41.0. The van der Waals surface area contributed by atoms with Gasteiger partial charge in [0.25, 0.3) is 0 Å². The molecule has 64 heavy (non-hydrogen) atoms. The van der Waals surface area contributed by atoms with Gasteiger partial charge in [0.1, 0.15) is 6.61 Å². The Labute approximate surface area is 374 Å². The number of unbranched alkanes of at least 4 members (excludes halogenated alkanes) is 6. The molecule has 1 rings (SSSR count). The first-order valence-electron chi connectivity index (χ1n) is 22.1. The van der Waals surface area contributed by atoms with Crippen LogP contribution in [-0.4, -0.2) is 177 Å². The Balaban J connectivity index is 1.69. The van der Waals surface area contributed by atoms with Crippen molar-refractivity contribution < 1.29 is 97.9 Å². The molecule has 0 unspecified atom stereocenters. The van der Waals surface area contributed by atoms with Gasteiger partial charge in [-0.25, -0.2) is 13.2 Å². The summed E-state index contributed by atoms with van der Waals surface area (Å²) in [5.41, 5.74) is 0. The van der Waals surface area contributed by atoms with Crippen molar-refractivity contribution in [3.8, 4) is 5.75 Å². The predicted octanol–water partition coefficient (Wildman–Crippen LogP) is 5.56. The minimum absolute atomic E-state index is 0.0745. The van der Waals surface area contributed by atoms with E-state index in [-0.39, 0.29) is 39.0 Å². The van der Waals surface area contributed by atoms with Crippen LogP contribution >= 0.6 is 0 Å². The van der Waals surface area contributed by atoms with Gasteiger partial charge in [-0.3, -0.25) is 9.59 Å². The molecule has 0 aliphatic carbocycles. The summed E-state index contributed by atoms with van der Waals surface area (Å²) in [4.78, 5) is 23.4. The fourth-order valence-electron chi connectivity index (χ4n) is 5.03. The first kappa shape index (κ1) is 59.3. The number of esters is 2. The highest BCUT2D eigenvalue weighted by atomic mass is 19.2. The number of ether oxygens (including phenoxy) is 14. The maximum absolute atomic E-state index is 13.6. The zero-order valence-corrected chi connectivity index (χ0v) is 37.5. The lowest BCUT2D eigenvalue weighted by atomic mass is 10.1. The minimum Gasteiger partial charge on any atom is -0.463 e. The van der Waals surface area contributed by atoms with Crippen LogP contribution in [-0.2, 0) is 71.2 Å². The summed E-state index contributed by atoms with van der Waals surface area (Å²) in [5.74, 6) is -14.3. The summed E-state index contributed by atoms with van der Waals surface area (Å²) < 4.78 is 141. The molecule has 0 radical (unpaired) electrons. The van der Waals surface area contributed by atoms with Crippen molar-refractivity contribution in [2.75, 3.05) is 165 Å². The van der Waals surface area contributed by atoms with Crippen LogP contribution in [0, 0.1) is 29.1 Å². The van der Waals surface area contributed by atoms with E-state index >= 15 is 0 Å². The number of halogens is 5. The quantitative estimate of drug-likeness (QED) is 0.0199. The highest BCUT2D eigenvalue weighted by molar-refractivity contribution is 5.72. The Morgan fingerprint density at radius 2 is 0.578 bits per heavy atom. The molecule has 374 valence electrons. The highest BCUT2D eigenvalue weighted by Gasteiger charge is 2.28. The summed E-state index contributed by atoms with van der Waals surface area (Å²) in [6.07, 6.45) is 8.17. The van der Waals surface area contributed by atoms with Gasteiger partial charge in [0, 0.05) is 6.42 Å². The van der Waals surface area contributed by atoms with Gasteiger partial charge < -0.3 is 66.3 Å². The topological polar surface area (TPSA) is 163 Å². The maximum atomic E-state index is 13.6. The molecule has 0 heterocycles. The fourth-order valence-corrected chi connectivity index (χ4v) is 5.03. The number of rotatable bonds is 48. The molecule has 0 saturated carbocycles. The molecule has 0 fully saturated rings. The van der Waals surface area contributed by atoms with Crippen LogP contribution in [0.5, 0.6) is 5.75 Å². The van der Waals surface area contributed by atoms with E-state index in [4.69, 9.17) is 61.6 Å². The molecule has 0 aromatic heterocycles. The number of carbonyl (C=O) groups excluding carboxylic acids is 2. The number of hydrogen-bond donors (Lipinski definition) is 0. The van der Waals surface area contributed by atoms with Crippen molar-refractivity contribution >= 4 is 11.9 Å². The van der Waals surface area contributed by atoms with Crippen molar-refractivity contribution in [3.63, 3.8) is 0 Å². The lowest BCUT2D eigenvalue weighted by molar-refractivity contribution is -0.145. The summed E-state index contributed by atoms with van der Waals surface area (Å²) in [6, 6.07) is 0. The van der Waals surface area contributed by atoms with Crippen LogP contribution in [0.4, 0.5) is 22.0 Å². The van der Waals surface area contributed by atoms with E-state index < -0.39 is 47.2 Å². The minimum atomic E-state index is -2.35. The molecule has 16 nitrogen and oxygen atoms in total. The molecule has 0 bridgehead atoms. The van der Waals surface area contributed by atoms with E-state index in [2.05, 4.69) is 11.7 Å². The van der Waals surface area contributed by atoms with E-state index in [0.717, 1.165) is 12.8 Å². The second-order valence-electron chi connectivity index (χ2n) is 13.6. The molecule has 1 aromatic carbocycles. The first-order valence-corrected chi connectivity index (χ1v) is 22.1. The van der Waals surface area contributed by atoms with Crippen molar-refractivity contribution in [2.24, 2.45) is 0 Å². The molecular formula is C43H71F5O16. The lowest BCUT2D eigenvalue weighted by Crippen LogP contribution is -2.16. The predicted molar refractivity (Wildman–Crippen MR) is 220 cm³/mol. The zero-order chi connectivity index (χ0) is 46.6.